The van der Waals surface area contributed by atoms with Gasteiger partial charge in [0.1, 0.15) is 11.1 Å². The molecule has 0 bridgehead atoms. The Morgan fingerprint density at radius 1 is 1.17 bits per heavy atom. The number of fused-ring (bicyclic) bond motifs is 2. The van der Waals surface area contributed by atoms with E-state index in [4.69, 9.17) is 4.98 Å². The zero-order chi connectivity index (χ0) is 20.0. The third-order valence-electron chi connectivity index (χ3n) is 6.05. The van der Waals surface area contributed by atoms with Gasteiger partial charge < -0.3 is 9.45 Å². The second-order valence-electron chi connectivity index (χ2n) is 7.99. The monoisotopic (exact) mass is 411 g/mol. The average Bonchev–Trinajstić information content (AvgIpc) is 3.06. The second-order valence-corrected chi connectivity index (χ2v) is 9.72. The topological polar surface area (TPSA) is 78.5 Å². The lowest BCUT2D eigenvalue weighted by Crippen LogP contribution is -2.28. The van der Waals surface area contributed by atoms with Gasteiger partial charge in [0, 0.05) is 43.2 Å². The van der Waals surface area contributed by atoms with E-state index in [2.05, 4.69) is 16.1 Å². The van der Waals surface area contributed by atoms with Crippen LogP contribution < -0.4 is 10.6 Å². The minimum atomic E-state index is -0.974. The molecule has 0 radical (unpaired) electrons. The van der Waals surface area contributed by atoms with E-state index in [9.17, 15) is 9.35 Å². The highest BCUT2D eigenvalue weighted by molar-refractivity contribution is 7.92. The Labute approximate surface area is 172 Å². The van der Waals surface area contributed by atoms with Crippen LogP contribution in [0.15, 0.2) is 40.3 Å². The molecule has 1 fully saturated rings. The van der Waals surface area contributed by atoms with Gasteiger partial charge in [-0.25, -0.2) is 14.5 Å². The van der Waals surface area contributed by atoms with Crippen molar-refractivity contribution < 1.29 is 4.55 Å². The summed E-state index contributed by atoms with van der Waals surface area (Å²) < 4.78 is 15.9. The summed E-state index contributed by atoms with van der Waals surface area (Å²) in [7, 11) is 1.65. The predicted molar refractivity (Wildman–Crippen MR) is 113 cm³/mol. The molecule has 0 N–H and O–H groups in total. The molecule has 7 nitrogen and oxygen atoms in total. The van der Waals surface area contributed by atoms with E-state index in [1.54, 1.807) is 19.4 Å². The summed E-state index contributed by atoms with van der Waals surface area (Å²) in [5, 5.41) is 4.56. The zero-order valence-electron chi connectivity index (χ0n) is 16.6. The molecule has 0 saturated heterocycles. The van der Waals surface area contributed by atoms with Crippen molar-refractivity contribution in [2.45, 2.75) is 55.1 Å². The normalized spacial score (nSPS) is 18.8. The fraction of sp³-hybridized carbons (Fsp3) is 0.476. The molecule has 1 atom stereocenters. The Bertz CT molecular complexity index is 1100. The third-order valence-corrected chi connectivity index (χ3v) is 7.82. The zero-order valence-corrected chi connectivity index (χ0v) is 17.4. The molecule has 1 aliphatic heterocycles. The molecule has 29 heavy (non-hydrogen) atoms. The van der Waals surface area contributed by atoms with Gasteiger partial charge in [-0.15, -0.1) is 0 Å². The first-order valence-corrected chi connectivity index (χ1v) is 11.6. The summed E-state index contributed by atoms with van der Waals surface area (Å²) in [6, 6.07) is 5.95. The quantitative estimate of drug-likeness (QED) is 0.619. The Morgan fingerprint density at radius 3 is 2.83 bits per heavy atom. The fourth-order valence-corrected chi connectivity index (χ4v) is 6.07. The van der Waals surface area contributed by atoms with Crippen LogP contribution in [0.5, 0.6) is 0 Å². The first-order chi connectivity index (χ1) is 14.1. The van der Waals surface area contributed by atoms with Gasteiger partial charge in [-0.2, -0.15) is 5.10 Å². The number of rotatable bonds is 3. The highest BCUT2D eigenvalue weighted by atomic mass is 32.2. The number of anilines is 2. The number of aromatic nitrogens is 4. The smallest absolute Gasteiger partial charge is 0.350 e. The lowest BCUT2D eigenvalue weighted by Gasteiger charge is -2.31. The second kappa shape index (κ2) is 7.50. The van der Waals surface area contributed by atoms with Crippen LogP contribution in [0.2, 0.25) is 0 Å². The Hall–Kier alpha value is -2.32. The number of nitrogens with zero attached hydrogens (tertiary/aromatic N) is 5. The van der Waals surface area contributed by atoms with Gasteiger partial charge in [0.25, 0.3) is 0 Å². The van der Waals surface area contributed by atoms with Gasteiger partial charge in [0.2, 0.25) is 0 Å². The number of hydrogen-bond donors (Lipinski definition) is 0. The Kier molecular flexibility index (Phi) is 4.83. The molecule has 5 rings (SSSR count). The van der Waals surface area contributed by atoms with Gasteiger partial charge in [0.05, 0.1) is 6.20 Å². The van der Waals surface area contributed by atoms with Crippen molar-refractivity contribution in [1.29, 1.82) is 0 Å². The average molecular weight is 412 g/mol. The van der Waals surface area contributed by atoms with Gasteiger partial charge in [0.15, 0.2) is 10.5 Å². The summed E-state index contributed by atoms with van der Waals surface area (Å²) in [5.41, 5.74) is 2.59. The lowest BCUT2D eigenvalue weighted by molar-refractivity contribution is 0.483. The molecular weight excluding hydrogens is 386 g/mol. The van der Waals surface area contributed by atoms with E-state index in [1.807, 2.05) is 12.1 Å². The molecule has 3 aromatic rings. The van der Waals surface area contributed by atoms with Crippen LogP contribution in [-0.2, 0) is 24.6 Å². The maximum Gasteiger partial charge on any atom is 0.350 e. The molecule has 3 aromatic heterocycles. The number of pyridine rings is 2. The summed E-state index contributed by atoms with van der Waals surface area (Å²) in [4.78, 5) is 19.8. The maximum absolute atomic E-state index is 13.0. The molecular formula is C21H25N5O2S. The van der Waals surface area contributed by atoms with Crippen molar-refractivity contribution in [2.24, 2.45) is 7.05 Å². The molecule has 0 spiro atoms. The molecule has 0 amide bonds. The van der Waals surface area contributed by atoms with Gasteiger partial charge in [-0.1, -0.05) is 6.42 Å². The fourth-order valence-electron chi connectivity index (χ4n) is 4.51. The van der Waals surface area contributed by atoms with Gasteiger partial charge in [-0.05, 0) is 55.8 Å². The molecule has 2 aliphatic rings. The van der Waals surface area contributed by atoms with Crippen molar-refractivity contribution in [1.82, 2.24) is 19.2 Å². The largest absolute Gasteiger partial charge is 0.611 e. The van der Waals surface area contributed by atoms with E-state index in [0.717, 1.165) is 54.2 Å². The van der Waals surface area contributed by atoms with E-state index in [-0.39, 0.29) is 10.9 Å². The van der Waals surface area contributed by atoms with Crippen LogP contribution in [0.4, 0.5) is 11.5 Å². The molecule has 1 saturated carbocycles. The van der Waals surface area contributed by atoms with Crippen LogP contribution in [0.25, 0.3) is 5.65 Å². The SMILES string of the molecule is Cn1nc2cc(N3CCCc4cc([S+]([O-])C5CCCCC5)cnc43)ccn2c1=O. The van der Waals surface area contributed by atoms with Crippen molar-refractivity contribution in [3.8, 4) is 0 Å². The highest BCUT2D eigenvalue weighted by Gasteiger charge is 2.29. The van der Waals surface area contributed by atoms with Crippen LogP contribution in [0, 0.1) is 0 Å². The summed E-state index contributed by atoms with van der Waals surface area (Å²) in [5.74, 6) is 0.920. The van der Waals surface area contributed by atoms with E-state index in [1.165, 1.54) is 28.3 Å². The van der Waals surface area contributed by atoms with E-state index >= 15 is 0 Å². The molecule has 8 heteroatoms. The maximum atomic E-state index is 13.0. The van der Waals surface area contributed by atoms with E-state index < -0.39 is 11.2 Å². The standard InChI is InChI=1S/C21H25N5O2S/c1-24-21(27)26-11-9-16(13-19(26)23-24)25-10-5-6-15-12-18(14-22-20(15)25)29(28)17-7-3-2-4-8-17/h9,11-14,17H,2-8,10H2,1H3. The van der Waals surface area contributed by atoms with Gasteiger partial charge in [-0.3, -0.25) is 4.40 Å². The van der Waals surface area contributed by atoms with Crippen molar-refractivity contribution in [3.63, 3.8) is 0 Å². The van der Waals surface area contributed by atoms with Crippen molar-refractivity contribution >= 4 is 28.3 Å². The molecule has 1 unspecified atom stereocenters. The Balaban J connectivity index is 1.47. The van der Waals surface area contributed by atoms with Crippen LogP contribution >= 0.6 is 0 Å². The van der Waals surface area contributed by atoms with Crippen LogP contribution in [-0.4, -0.2) is 35.5 Å². The van der Waals surface area contributed by atoms with Crippen molar-refractivity contribution in [2.75, 3.05) is 11.4 Å². The molecule has 0 aromatic carbocycles. The summed E-state index contributed by atoms with van der Waals surface area (Å²) in [6.45, 7) is 0.859. The molecule has 152 valence electrons. The van der Waals surface area contributed by atoms with Crippen LogP contribution in [0.1, 0.15) is 44.1 Å². The Morgan fingerprint density at radius 2 is 2.00 bits per heavy atom. The van der Waals surface area contributed by atoms with Crippen molar-refractivity contribution in [3.05, 3.63) is 46.6 Å². The minimum absolute atomic E-state index is 0.154. The van der Waals surface area contributed by atoms with Crippen LogP contribution in [0.3, 0.4) is 0 Å². The first kappa shape index (κ1) is 18.7. The first-order valence-electron chi connectivity index (χ1n) is 10.3. The van der Waals surface area contributed by atoms with Gasteiger partial charge >= 0.3 is 5.69 Å². The lowest BCUT2D eigenvalue weighted by atomic mass is 10.0. The van der Waals surface area contributed by atoms with E-state index in [0.29, 0.717) is 5.65 Å². The minimum Gasteiger partial charge on any atom is -0.611 e. The molecule has 4 heterocycles. The third kappa shape index (κ3) is 3.34. The highest BCUT2D eigenvalue weighted by Crippen LogP contribution is 2.35. The number of aryl methyl sites for hydroxylation is 2. The summed E-state index contributed by atoms with van der Waals surface area (Å²) >= 11 is -0.974. The number of hydrogen-bond acceptors (Lipinski definition) is 5. The predicted octanol–water partition coefficient (Wildman–Crippen LogP) is 2.95. The molecule has 1 aliphatic carbocycles. The summed E-state index contributed by atoms with van der Waals surface area (Å²) in [6.07, 6.45) is 11.3.